The molecule has 2 N–H and O–H groups in total. The van der Waals surface area contributed by atoms with Crippen LogP contribution in [0.5, 0.6) is 0 Å². The first-order chi connectivity index (χ1) is 7.08. The first-order valence-electron chi connectivity index (χ1n) is 5.69. The van der Waals surface area contributed by atoms with Gasteiger partial charge in [-0.05, 0) is 18.9 Å². The molecule has 3 heterocycles. The summed E-state index contributed by atoms with van der Waals surface area (Å²) >= 11 is 0. The zero-order valence-corrected chi connectivity index (χ0v) is 9.62. The standard InChI is InChI=1S/C11H21NO3/c1-9(3-4-12)5-11-13-6-10(2,7-14-11)8-15-11/h9H,3-8,12H2,1-2H3. The van der Waals surface area contributed by atoms with Crippen molar-refractivity contribution < 1.29 is 14.2 Å². The monoisotopic (exact) mass is 215 g/mol. The Hall–Kier alpha value is -0.160. The van der Waals surface area contributed by atoms with Crippen LogP contribution in [-0.2, 0) is 14.2 Å². The molecule has 15 heavy (non-hydrogen) atoms. The highest BCUT2D eigenvalue weighted by molar-refractivity contribution is 4.85. The van der Waals surface area contributed by atoms with E-state index in [1.807, 2.05) is 0 Å². The lowest BCUT2D eigenvalue weighted by molar-refractivity contribution is -0.470. The second kappa shape index (κ2) is 4.01. The maximum atomic E-state index is 5.70. The van der Waals surface area contributed by atoms with E-state index in [1.165, 1.54) is 0 Å². The van der Waals surface area contributed by atoms with Crippen molar-refractivity contribution in [3.63, 3.8) is 0 Å². The minimum atomic E-state index is -0.771. The van der Waals surface area contributed by atoms with E-state index in [1.54, 1.807) is 0 Å². The molecule has 4 heteroatoms. The molecule has 3 rings (SSSR count). The van der Waals surface area contributed by atoms with Gasteiger partial charge in [-0.3, -0.25) is 0 Å². The van der Waals surface area contributed by atoms with Gasteiger partial charge in [0, 0.05) is 11.8 Å². The van der Waals surface area contributed by atoms with Crippen molar-refractivity contribution in [2.24, 2.45) is 17.1 Å². The molecule has 88 valence electrons. The van der Waals surface area contributed by atoms with Crippen LogP contribution in [0.3, 0.4) is 0 Å². The van der Waals surface area contributed by atoms with Crippen molar-refractivity contribution in [3.05, 3.63) is 0 Å². The van der Waals surface area contributed by atoms with Crippen molar-refractivity contribution in [2.75, 3.05) is 26.4 Å². The van der Waals surface area contributed by atoms with Crippen LogP contribution in [0, 0.1) is 11.3 Å². The predicted molar refractivity (Wildman–Crippen MR) is 56.1 cm³/mol. The largest absolute Gasteiger partial charge is 0.330 e. The molecule has 2 bridgehead atoms. The molecule has 0 aromatic heterocycles. The summed E-state index contributed by atoms with van der Waals surface area (Å²) in [5.74, 6) is -0.302. The molecular weight excluding hydrogens is 194 g/mol. The number of hydrogen-bond donors (Lipinski definition) is 1. The molecule has 3 aliphatic heterocycles. The third-order valence-corrected chi connectivity index (χ3v) is 3.18. The molecule has 0 aliphatic carbocycles. The topological polar surface area (TPSA) is 53.7 Å². The summed E-state index contributed by atoms with van der Waals surface area (Å²) < 4.78 is 17.1. The van der Waals surface area contributed by atoms with Crippen molar-refractivity contribution >= 4 is 0 Å². The summed E-state index contributed by atoms with van der Waals surface area (Å²) in [4.78, 5) is 0. The summed E-state index contributed by atoms with van der Waals surface area (Å²) in [6, 6.07) is 0. The average Bonchev–Trinajstić information content (AvgIpc) is 2.21. The molecule has 3 saturated heterocycles. The molecule has 1 unspecified atom stereocenters. The number of ether oxygens (including phenoxy) is 3. The van der Waals surface area contributed by atoms with Crippen LogP contribution in [0.15, 0.2) is 0 Å². The van der Waals surface area contributed by atoms with Crippen molar-refractivity contribution in [2.45, 2.75) is 32.7 Å². The molecule has 0 aromatic rings. The molecule has 3 fully saturated rings. The molecule has 0 radical (unpaired) electrons. The van der Waals surface area contributed by atoms with Crippen LogP contribution >= 0.6 is 0 Å². The van der Waals surface area contributed by atoms with Gasteiger partial charge in [-0.1, -0.05) is 13.8 Å². The van der Waals surface area contributed by atoms with Gasteiger partial charge in [-0.15, -0.1) is 0 Å². The first-order valence-corrected chi connectivity index (χ1v) is 5.69. The molecule has 0 aromatic carbocycles. The van der Waals surface area contributed by atoms with Gasteiger partial charge >= 0.3 is 0 Å². The van der Waals surface area contributed by atoms with Crippen molar-refractivity contribution in [1.82, 2.24) is 0 Å². The highest BCUT2D eigenvalue weighted by Crippen LogP contribution is 2.41. The number of rotatable bonds is 4. The lowest BCUT2D eigenvalue weighted by Gasteiger charge is -2.51. The normalized spacial score (nSPS) is 41.8. The second-order valence-corrected chi connectivity index (χ2v) is 5.25. The lowest BCUT2D eigenvalue weighted by Crippen LogP contribution is -2.59. The van der Waals surface area contributed by atoms with E-state index in [0.717, 1.165) is 32.7 Å². The van der Waals surface area contributed by atoms with E-state index < -0.39 is 5.97 Å². The summed E-state index contributed by atoms with van der Waals surface area (Å²) in [6.45, 7) is 7.20. The second-order valence-electron chi connectivity index (χ2n) is 5.25. The summed E-state index contributed by atoms with van der Waals surface area (Å²) in [5.41, 5.74) is 5.58. The van der Waals surface area contributed by atoms with Gasteiger partial charge in [0.05, 0.1) is 19.8 Å². The molecule has 1 atom stereocenters. The minimum Gasteiger partial charge on any atom is -0.330 e. The van der Waals surface area contributed by atoms with Crippen LogP contribution in [0.1, 0.15) is 26.7 Å². The zero-order chi connectivity index (χ0) is 10.9. The molecule has 3 aliphatic rings. The Morgan fingerprint density at radius 2 is 1.73 bits per heavy atom. The summed E-state index contributed by atoms with van der Waals surface area (Å²) in [7, 11) is 0. The molecular formula is C11H21NO3. The van der Waals surface area contributed by atoms with Crippen LogP contribution < -0.4 is 5.73 Å². The van der Waals surface area contributed by atoms with Gasteiger partial charge in [-0.2, -0.15) is 0 Å². The maximum Gasteiger partial charge on any atom is 0.283 e. The Balaban J connectivity index is 1.92. The van der Waals surface area contributed by atoms with Gasteiger partial charge in [-0.25, -0.2) is 0 Å². The number of nitrogens with two attached hydrogens (primary N) is 1. The molecule has 0 saturated carbocycles. The van der Waals surface area contributed by atoms with Gasteiger partial charge in [0.25, 0.3) is 5.97 Å². The quantitative estimate of drug-likeness (QED) is 0.763. The van der Waals surface area contributed by atoms with E-state index >= 15 is 0 Å². The van der Waals surface area contributed by atoms with Crippen LogP contribution in [0.2, 0.25) is 0 Å². The Morgan fingerprint density at radius 1 is 1.20 bits per heavy atom. The van der Waals surface area contributed by atoms with Gasteiger partial charge in [0.15, 0.2) is 0 Å². The fraction of sp³-hybridized carbons (Fsp3) is 1.00. The molecule has 0 spiro atoms. The third-order valence-electron chi connectivity index (χ3n) is 3.18. The van der Waals surface area contributed by atoms with Gasteiger partial charge in [0.2, 0.25) is 0 Å². The van der Waals surface area contributed by atoms with E-state index in [0.29, 0.717) is 12.5 Å². The van der Waals surface area contributed by atoms with Gasteiger partial charge < -0.3 is 19.9 Å². The molecule has 4 nitrogen and oxygen atoms in total. The Morgan fingerprint density at radius 3 is 2.20 bits per heavy atom. The fourth-order valence-electron chi connectivity index (χ4n) is 2.09. The van der Waals surface area contributed by atoms with Gasteiger partial charge in [0.1, 0.15) is 0 Å². The van der Waals surface area contributed by atoms with E-state index in [-0.39, 0.29) is 5.41 Å². The van der Waals surface area contributed by atoms with E-state index in [2.05, 4.69) is 13.8 Å². The Kier molecular flexibility index (Phi) is 3.03. The zero-order valence-electron chi connectivity index (χ0n) is 9.62. The van der Waals surface area contributed by atoms with Crippen LogP contribution in [-0.4, -0.2) is 32.3 Å². The summed E-state index contributed by atoms with van der Waals surface area (Å²) in [5, 5.41) is 0. The summed E-state index contributed by atoms with van der Waals surface area (Å²) in [6.07, 6.45) is 1.76. The van der Waals surface area contributed by atoms with Crippen molar-refractivity contribution in [3.8, 4) is 0 Å². The highest BCUT2D eigenvalue weighted by Gasteiger charge is 2.50. The minimum absolute atomic E-state index is 0.0544. The van der Waals surface area contributed by atoms with E-state index in [9.17, 15) is 0 Å². The first kappa shape index (κ1) is 11.3. The van der Waals surface area contributed by atoms with Crippen LogP contribution in [0.25, 0.3) is 0 Å². The van der Waals surface area contributed by atoms with Crippen molar-refractivity contribution in [1.29, 1.82) is 0 Å². The van der Waals surface area contributed by atoms with E-state index in [4.69, 9.17) is 19.9 Å². The SMILES string of the molecule is CC(CCN)CC12OCC(C)(CO1)CO2. The number of hydrogen-bond acceptors (Lipinski definition) is 4. The average molecular weight is 215 g/mol. The third kappa shape index (κ3) is 2.33. The fourth-order valence-corrected chi connectivity index (χ4v) is 2.09. The van der Waals surface area contributed by atoms with Crippen LogP contribution in [0.4, 0.5) is 0 Å². The highest BCUT2D eigenvalue weighted by atomic mass is 16.9. The Bertz CT molecular complexity index is 207. The Labute approximate surface area is 91.1 Å². The maximum absolute atomic E-state index is 5.70. The molecule has 0 amide bonds. The lowest BCUT2D eigenvalue weighted by atomic mass is 9.90. The number of fused-ring (bicyclic) bond motifs is 3. The smallest absolute Gasteiger partial charge is 0.283 e. The predicted octanol–water partition coefficient (Wildman–Crippen LogP) is 1.10.